The van der Waals surface area contributed by atoms with Gasteiger partial charge in [0.25, 0.3) is 0 Å². The van der Waals surface area contributed by atoms with E-state index >= 15 is 0 Å². The van der Waals surface area contributed by atoms with Crippen LogP contribution >= 0.6 is 11.3 Å². The van der Waals surface area contributed by atoms with Crippen molar-refractivity contribution in [3.05, 3.63) is 41.6 Å². The number of halogens is 3. The van der Waals surface area contributed by atoms with Crippen molar-refractivity contribution >= 4 is 32.5 Å². The minimum Gasteiger partial charge on any atom is -0.489 e. The van der Waals surface area contributed by atoms with E-state index in [0.717, 1.165) is 28.2 Å². The van der Waals surface area contributed by atoms with E-state index in [9.17, 15) is 13.2 Å². The van der Waals surface area contributed by atoms with Crippen LogP contribution in [0.5, 0.6) is 5.75 Å². The molecule has 2 aromatic heterocycles. The zero-order chi connectivity index (χ0) is 22.4. The molecule has 0 radical (unpaired) electrons. The number of alkyl halides is 3. The number of thiazole rings is 1. The smallest absolute Gasteiger partial charge is 0.420 e. The summed E-state index contributed by atoms with van der Waals surface area (Å²) in [6, 6.07) is 6.42. The van der Waals surface area contributed by atoms with Crippen LogP contribution in [-0.2, 0) is 12.8 Å². The van der Waals surface area contributed by atoms with Gasteiger partial charge in [-0.15, -0.1) is 0 Å². The van der Waals surface area contributed by atoms with Crippen molar-refractivity contribution in [1.29, 1.82) is 0 Å². The number of aromatic nitrogens is 2. The molecule has 1 aliphatic carbocycles. The summed E-state index contributed by atoms with van der Waals surface area (Å²) in [6.07, 6.45) is 2.57. The number of pyridine rings is 1. The van der Waals surface area contributed by atoms with Crippen LogP contribution in [0.25, 0.3) is 10.2 Å². The predicted octanol–water partition coefficient (Wildman–Crippen LogP) is 5.22. The minimum atomic E-state index is -4.58. The second-order valence-corrected chi connectivity index (χ2v) is 8.24. The summed E-state index contributed by atoms with van der Waals surface area (Å²) >= 11 is 1.43. The number of nitrogens with two attached hydrogens (primary N) is 1. The molecule has 0 unspecified atom stereocenters. The van der Waals surface area contributed by atoms with E-state index in [2.05, 4.69) is 15.3 Å². The van der Waals surface area contributed by atoms with Gasteiger partial charge in [0.15, 0.2) is 5.13 Å². The molecule has 1 fully saturated rings. The van der Waals surface area contributed by atoms with Crippen LogP contribution in [-0.4, -0.2) is 28.2 Å². The highest BCUT2D eigenvalue weighted by molar-refractivity contribution is 7.22. The quantitative estimate of drug-likeness (QED) is 0.500. The van der Waals surface area contributed by atoms with Crippen molar-refractivity contribution < 1.29 is 23.0 Å². The monoisotopic (exact) mass is 454 g/mol. The van der Waals surface area contributed by atoms with Gasteiger partial charge in [-0.2, -0.15) is 13.2 Å². The number of ether oxygens (including phenoxy) is 1. The molecule has 6 nitrogen and oxygen atoms in total. The summed E-state index contributed by atoms with van der Waals surface area (Å²) in [5.74, 6) is -0.0996. The maximum atomic E-state index is 13.1. The lowest BCUT2D eigenvalue weighted by Crippen LogP contribution is -2.15. The van der Waals surface area contributed by atoms with Crippen LogP contribution in [0.1, 0.15) is 43.2 Å². The number of nitrogen functional groups attached to an aromatic ring is 1. The number of anilines is 2. The van der Waals surface area contributed by atoms with Crippen LogP contribution in [0.2, 0.25) is 0 Å². The van der Waals surface area contributed by atoms with E-state index in [4.69, 9.17) is 15.6 Å². The highest BCUT2D eigenvalue weighted by Crippen LogP contribution is 2.36. The van der Waals surface area contributed by atoms with Gasteiger partial charge >= 0.3 is 6.18 Å². The Morgan fingerprint density at radius 2 is 1.97 bits per heavy atom. The Bertz CT molecular complexity index is 1000. The van der Waals surface area contributed by atoms with Gasteiger partial charge in [-0.1, -0.05) is 30.6 Å². The van der Waals surface area contributed by atoms with Gasteiger partial charge in [0.05, 0.1) is 16.3 Å². The number of rotatable bonds is 4. The molecule has 31 heavy (non-hydrogen) atoms. The lowest BCUT2D eigenvalue weighted by Gasteiger charge is -2.15. The van der Waals surface area contributed by atoms with Gasteiger partial charge in [-0.25, -0.2) is 9.97 Å². The number of aliphatic hydroxyl groups excluding tert-OH is 1. The number of hydrogen-bond donors (Lipinski definition) is 3. The summed E-state index contributed by atoms with van der Waals surface area (Å²) in [5.41, 5.74) is 5.14. The lowest BCUT2D eigenvalue weighted by molar-refractivity contribution is -0.138. The Hall–Kier alpha value is -2.59. The molecule has 168 valence electrons. The molecule has 0 atom stereocenters. The first kappa shape index (κ1) is 23.1. The highest BCUT2D eigenvalue weighted by Gasteiger charge is 2.36. The van der Waals surface area contributed by atoms with Crippen LogP contribution in [0.4, 0.5) is 24.1 Å². The molecule has 10 heteroatoms. The molecule has 4 rings (SSSR count). The molecule has 0 spiro atoms. The number of benzene rings is 1. The second-order valence-electron chi connectivity index (χ2n) is 7.21. The first-order valence-corrected chi connectivity index (χ1v) is 10.8. The van der Waals surface area contributed by atoms with E-state index in [1.807, 2.05) is 0 Å². The van der Waals surface area contributed by atoms with E-state index in [1.165, 1.54) is 42.9 Å². The molecule has 1 saturated carbocycles. The molecule has 1 aromatic carbocycles. The molecule has 0 saturated heterocycles. The van der Waals surface area contributed by atoms with Crippen LogP contribution in [0.15, 0.2) is 30.5 Å². The summed E-state index contributed by atoms with van der Waals surface area (Å²) in [7, 11) is 1.77. The van der Waals surface area contributed by atoms with Crippen molar-refractivity contribution in [3.63, 3.8) is 0 Å². The van der Waals surface area contributed by atoms with Crippen molar-refractivity contribution in [2.45, 2.75) is 51.0 Å². The van der Waals surface area contributed by atoms with Gasteiger partial charge in [0.2, 0.25) is 0 Å². The van der Waals surface area contributed by atoms with Crippen molar-refractivity contribution in [2.24, 2.45) is 0 Å². The van der Waals surface area contributed by atoms with E-state index < -0.39 is 17.6 Å². The molecule has 2 heterocycles. The maximum Gasteiger partial charge on any atom is 0.420 e. The van der Waals surface area contributed by atoms with E-state index in [1.54, 1.807) is 25.2 Å². The van der Waals surface area contributed by atoms with E-state index in [0.29, 0.717) is 5.75 Å². The third kappa shape index (κ3) is 6.20. The van der Waals surface area contributed by atoms with Crippen molar-refractivity contribution in [1.82, 2.24) is 9.97 Å². The molecule has 0 bridgehead atoms. The average molecular weight is 455 g/mol. The fourth-order valence-electron chi connectivity index (χ4n) is 3.31. The molecular formula is C21H25F3N4O2S. The second kappa shape index (κ2) is 10.1. The molecule has 0 aliphatic heterocycles. The number of hydrogen-bond acceptors (Lipinski definition) is 7. The zero-order valence-corrected chi connectivity index (χ0v) is 17.9. The van der Waals surface area contributed by atoms with Crippen LogP contribution < -0.4 is 15.8 Å². The maximum absolute atomic E-state index is 13.1. The first-order valence-electron chi connectivity index (χ1n) is 9.97. The van der Waals surface area contributed by atoms with Crippen molar-refractivity contribution in [3.8, 4) is 5.75 Å². The number of nitrogens with zero attached hydrogens (tertiary/aromatic N) is 2. The van der Waals surface area contributed by atoms with Gasteiger partial charge in [0, 0.05) is 18.8 Å². The number of aliphatic hydroxyl groups is 1. The molecule has 1 aliphatic rings. The Morgan fingerprint density at radius 3 is 2.58 bits per heavy atom. The highest BCUT2D eigenvalue weighted by atomic mass is 32.1. The Kier molecular flexibility index (Phi) is 7.55. The largest absolute Gasteiger partial charge is 0.489 e. The lowest BCUT2D eigenvalue weighted by atomic mass is 9.98. The number of fused-ring (bicyclic) bond motifs is 1. The summed E-state index contributed by atoms with van der Waals surface area (Å²) in [5, 5.41) is 12.6. The topological polar surface area (TPSA) is 93.3 Å². The van der Waals surface area contributed by atoms with E-state index in [-0.39, 0.29) is 18.3 Å². The predicted molar refractivity (Wildman–Crippen MR) is 116 cm³/mol. The average Bonchev–Trinajstić information content (AvgIpc) is 3.15. The SMILES string of the molecule is CNc1nc2ccc(OCc3ccnc(N)c3C(F)(F)F)cc2s1.OC1CCCCC1. The Balaban J connectivity index is 0.000000330. The Labute approximate surface area is 182 Å². The van der Waals surface area contributed by atoms with Gasteiger partial charge in [-0.3, -0.25) is 0 Å². The normalized spacial score (nSPS) is 14.7. The summed E-state index contributed by atoms with van der Waals surface area (Å²) in [4.78, 5) is 7.83. The van der Waals surface area contributed by atoms with Crippen LogP contribution in [0, 0.1) is 0 Å². The van der Waals surface area contributed by atoms with Crippen LogP contribution in [0.3, 0.4) is 0 Å². The van der Waals surface area contributed by atoms with Gasteiger partial charge in [-0.05, 0) is 37.1 Å². The minimum absolute atomic E-state index is 0.0359. The van der Waals surface area contributed by atoms with Gasteiger partial charge < -0.3 is 20.9 Å². The summed E-state index contributed by atoms with van der Waals surface area (Å²) in [6.45, 7) is -0.259. The molecule has 0 amide bonds. The molecule has 4 N–H and O–H groups in total. The fourth-order valence-corrected chi connectivity index (χ4v) is 4.16. The zero-order valence-electron chi connectivity index (χ0n) is 17.1. The van der Waals surface area contributed by atoms with Crippen molar-refractivity contribution in [2.75, 3.05) is 18.1 Å². The van der Waals surface area contributed by atoms with Gasteiger partial charge in [0.1, 0.15) is 23.7 Å². The first-order chi connectivity index (χ1) is 14.8. The number of nitrogens with one attached hydrogen (secondary N) is 1. The third-order valence-electron chi connectivity index (χ3n) is 4.89. The molecular weight excluding hydrogens is 429 g/mol. The summed E-state index contributed by atoms with van der Waals surface area (Å²) < 4.78 is 45.7. The Morgan fingerprint density at radius 1 is 1.23 bits per heavy atom. The molecule has 3 aromatic rings. The standard InChI is InChI=1S/C15H13F3N4OS.C6H12O/c1-20-14-22-10-3-2-9(6-11(10)24-14)23-7-8-4-5-21-13(19)12(8)15(16,17)18;7-6-4-2-1-3-5-6/h2-6H,7H2,1H3,(H2,19,21)(H,20,22);6-7H,1-5H2. The fraction of sp³-hybridized carbons (Fsp3) is 0.429. The third-order valence-corrected chi connectivity index (χ3v) is 5.93.